The fourth-order valence-electron chi connectivity index (χ4n) is 1.16. The molecule has 1 fully saturated rings. The molecular weight excluding hydrogens is 128 g/mol. The van der Waals surface area contributed by atoms with Gasteiger partial charge in [0.2, 0.25) is 0 Å². The maximum atomic E-state index is 9.31. The number of ether oxygens (including phenoxy) is 1. The summed E-state index contributed by atoms with van der Waals surface area (Å²) >= 11 is 0. The van der Waals surface area contributed by atoms with Crippen LogP contribution < -0.4 is 0 Å². The maximum absolute atomic E-state index is 9.31. The van der Waals surface area contributed by atoms with Gasteiger partial charge in [-0.15, -0.1) is 0 Å². The summed E-state index contributed by atoms with van der Waals surface area (Å²) in [5.74, 6) is 0.573. The van der Waals surface area contributed by atoms with Gasteiger partial charge in [0, 0.05) is 6.42 Å². The number of allylic oxidation sites excluding steroid dienone is 1. The fourth-order valence-corrected chi connectivity index (χ4v) is 1.16. The summed E-state index contributed by atoms with van der Waals surface area (Å²) in [5.41, 5.74) is 1.19. The van der Waals surface area contributed by atoms with Gasteiger partial charge in [-0.1, -0.05) is 6.92 Å². The Kier molecular flexibility index (Phi) is 2.75. The molecule has 0 radical (unpaired) electrons. The molecule has 0 aromatic rings. The van der Waals surface area contributed by atoms with Crippen LogP contribution in [0.3, 0.4) is 0 Å². The zero-order valence-electron chi connectivity index (χ0n) is 6.39. The van der Waals surface area contributed by atoms with Gasteiger partial charge in [-0.05, 0) is 18.4 Å². The summed E-state index contributed by atoms with van der Waals surface area (Å²) in [6.07, 6.45) is 2.59. The SMILES string of the molecule is CCC(O)=C1CCOCC1. The third-order valence-electron chi connectivity index (χ3n) is 1.84. The maximum Gasteiger partial charge on any atom is 0.0913 e. The van der Waals surface area contributed by atoms with Gasteiger partial charge in [-0.25, -0.2) is 0 Å². The lowest BCUT2D eigenvalue weighted by Gasteiger charge is -2.15. The quantitative estimate of drug-likeness (QED) is 0.567. The highest BCUT2D eigenvalue weighted by Crippen LogP contribution is 2.17. The van der Waals surface area contributed by atoms with E-state index in [-0.39, 0.29) is 0 Å². The Hall–Kier alpha value is -0.500. The number of hydrogen-bond donors (Lipinski definition) is 1. The van der Waals surface area contributed by atoms with Crippen LogP contribution in [0.1, 0.15) is 26.2 Å². The van der Waals surface area contributed by atoms with Gasteiger partial charge in [0.05, 0.1) is 19.0 Å². The van der Waals surface area contributed by atoms with Crippen LogP contribution in [-0.4, -0.2) is 18.3 Å². The first kappa shape index (κ1) is 7.61. The second-order valence-electron chi connectivity index (χ2n) is 2.52. The molecule has 0 aromatic carbocycles. The Morgan fingerprint density at radius 3 is 2.60 bits per heavy atom. The second-order valence-corrected chi connectivity index (χ2v) is 2.52. The standard InChI is InChI=1S/C8H14O2/c1-2-8(9)7-3-5-10-6-4-7/h9H,2-6H2,1H3. The summed E-state index contributed by atoms with van der Waals surface area (Å²) < 4.78 is 5.15. The molecule has 1 aliphatic heterocycles. The first-order chi connectivity index (χ1) is 4.84. The van der Waals surface area contributed by atoms with Crippen molar-refractivity contribution in [1.29, 1.82) is 0 Å². The Morgan fingerprint density at radius 2 is 2.10 bits per heavy atom. The van der Waals surface area contributed by atoms with Crippen molar-refractivity contribution in [2.45, 2.75) is 26.2 Å². The highest BCUT2D eigenvalue weighted by molar-refractivity contribution is 5.08. The van der Waals surface area contributed by atoms with E-state index in [9.17, 15) is 5.11 Å². The Balaban J connectivity index is 2.51. The minimum atomic E-state index is 0.573. The molecule has 1 rings (SSSR count). The summed E-state index contributed by atoms with van der Waals surface area (Å²) in [6, 6.07) is 0. The average molecular weight is 142 g/mol. The molecule has 0 saturated carbocycles. The summed E-state index contributed by atoms with van der Waals surface area (Å²) in [7, 11) is 0. The smallest absolute Gasteiger partial charge is 0.0913 e. The number of aliphatic hydroxyl groups is 1. The van der Waals surface area contributed by atoms with Crippen molar-refractivity contribution < 1.29 is 9.84 Å². The molecule has 0 spiro atoms. The zero-order valence-corrected chi connectivity index (χ0v) is 6.39. The molecule has 1 saturated heterocycles. The second kappa shape index (κ2) is 3.62. The summed E-state index contributed by atoms with van der Waals surface area (Å²) in [5, 5.41) is 9.31. The van der Waals surface area contributed by atoms with E-state index < -0.39 is 0 Å². The molecule has 2 heteroatoms. The molecule has 0 aromatic heterocycles. The highest BCUT2D eigenvalue weighted by Gasteiger charge is 2.08. The molecule has 0 unspecified atom stereocenters. The van der Waals surface area contributed by atoms with Gasteiger partial charge in [0.25, 0.3) is 0 Å². The van der Waals surface area contributed by atoms with Crippen LogP contribution in [0.5, 0.6) is 0 Å². The van der Waals surface area contributed by atoms with E-state index >= 15 is 0 Å². The van der Waals surface area contributed by atoms with E-state index in [1.807, 2.05) is 6.92 Å². The van der Waals surface area contributed by atoms with E-state index in [1.54, 1.807) is 0 Å². The van der Waals surface area contributed by atoms with Crippen LogP contribution in [0, 0.1) is 0 Å². The lowest BCUT2D eigenvalue weighted by molar-refractivity contribution is 0.116. The molecule has 1 aliphatic rings. The normalized spacial score (nSPS) is 19.1. The minimum absolute atomic E-state index is 0.573. The van der Waals surface area contributed by atoms with Gasteiger partial charge in [0.15, 0.2) is 0 Å². The summed E-state index contributed by atoms with van der Waals surface area (Å²) in [6.45, 7) is 3.52. The topological polar surface area (TPSA) is 29.5 Å². The number of rotatable bonds is 1. The predicted molar refractivity (Wildman–Crippen MR) is 40.0 cm³/mol. The van der Waals surface area contributed by atoms with Crippen LogP contribution in [0.25, 0.3) is 0 Å². The van der Waals surface area contributed by atoms with Crippen molar-refractivity contribution in [2.75, 3.05) is 13.2 Å². The van der Waals surface area contributed by atoms with Crippen molar-refractivity contribution >= 4 is 0 Å². The van der Waals surface area contributed by atoms with Gasteiger partial charge in [-0.2, -0.15) is 0 Å². The van der Waals surface area contributed by atoms with Crippen molar-refractivity contribution in [2.24, 2.45) is 0 Å². The Morgan fingerprint density at radius 1 is 1.50 bits per heavy atom. The molecular formula is C8H14O2. The first-order valence-electron chi connectivity index (χ1n) is 3.82. The van der Waals surface area contributed by atoms with Crippen molar-refractivity contribution in [3.63, 3.8) is 0 Å². The molecule has 0 amide bonds. The van der Waals surface area contributed by atoms with Gasteiger partial charge < -0.3 is 9.84 Å². The molecule has 1 heterocycles. The van der Waals surface area contributed by atoms with Crippen LogP contribution in [0.15, 0.2) is 11.3 Å². The van der Waals surface area contributed by atoms with E-state index in [0.717, 1.165) is 32.5 Å². The third kappa shape index (κ3) is 1.74. The van der Waals surface area contributed by atoms with Gasteiger partial charge in [0.1, 0.15) is 0 Å². The van der Waals surface area contributed by atoms with Gasteiger partial charge in [-0.3, -0.25) is 0 Å². The van der Waals surface area contributed by atoms with E-state index in [1.165, 1.54) is 5.57 Å². The average Bonchev–Trinajstić information content (AvgIpc) is 2.05. The fraction of sp³-hybridized carbons (Fsp3) is 0.750. The molecule has 2 nitrogen and oxygen atoms in total. The largest absolute Gasteiger partial charge is 0.512 e. The zero-order chi connectivity index (χ0) is 7.40. The monoisotopic (exact) mass is 142 g/mol. The van der Waals surface area contributed by atoms with Crippen LogP contribution in [0.4, 0.5) is 0 Å². The van der Waals surface area contributed by atoms with Crippen molar-refractivity contribution in [1.82, 2.24) is 0 Å². The lowest BCUT2D eigenvalue weighted by Crippen LogP contribution is -2.09. The molecule has 0 bridgehead atoms. The molecule has 0 aliphatic carbocycles. The van der Waals surface area contributed by atoms with Crippen LogP contribution in [-0.2, 0) is 4.74 Å². The highest BCUT2D eigenvalue weighted by atomic mass is 16.5. The number of aliphatic hydroxyl groups excluding tert-OH is 1. The van der Waals surface area contributed by atoms with Crippen molar-refractivity contribution in [3.05, 3.63) is 11.3 Å². The van der Waals surface area contributed by atoms with E-state index in [4.69, 9.17) is 4.74 Å². The van der Waals surface area contributed by atoms with E-state index in [2.05, 4.69) is 0 Å². The summed E-state index contributed by atoms with van der Waals surface area (Å²) in [4.78, 5) is 0. The molecule has 0 atom stereocenters. The van der Waals surface area contributed by atoms with E-state index in [0.29, 0.717) is 5.76 Å². The van der Waals surface area contributed by atoms with Crippen molar-refractivity contribution in [3.8, 4) is 0 Å². The van der Waals surface area contributed by atoms with Gasteiger partial charge >= 0.3 is 0 Å². The Bertz CT molecular complexity index is 130. The third-order valence-corrected chi connectivity index (χ3v) is 1.84. The first-order valence-corrected chi connectivity index (χ1v) is 3.82. The minimum Gasteiger partial charge on any atom is -0.512 e. The number of hydrogen-bond acceptors (Lipinski definition) is 2. The Labute approximate surface area is 61.5 Å². The predicted octanol–water partition coefficient (Wildman–Crippen LogP) is 2.02. The lowest BCUT2D eigenvalue weighted by atomic mass is 10.1. The molecule has 10 heavy (non-hydrogen) atoms. The van der Waals surface area contributed by atoms with Crippen LogP contribution in [0.2, 0.25) is 0 Å². The molecule has 58 valence electrons. The van der Waals surface area contributed by atoms with Crippen LogP contribution >= 0.6 is 0 Å². The molecule has 1 N–H and O–H groups in total.